The highest BCUT2D eigenvalue weighted by Gasteiger charge is 2.53. The fourth-order valence-corrected chi connectivity index (χ4v) is 2.28. The molecule has 0 N–H and O–H groups in total. The normalized spacial score (nSPS) is 29.3. The van der Waals surface area contributed by atoms with Gasteiger partial charge in [0.15, 0.2) is 0 Å². The Bertz CT molecular complexity index is 370. The Balaban J connectivity index is 2.02. The Morgan fingerprint density at radius 3 is 2.39 bits per heavy atom. The van der Waals surface area contributed by atoms with Gasteiger partial charge < -0.3 is 14.0 Å². The van der Waals surface area contributed by atoms with Crippen molar-refractivity contribution in [1.29, 1.82) is 0 Å². The van der Waals surface area contributed by atoms with Gasteiger partial charge in [-0.25, -0.2) is 0 Å². The molecule has 0 aromatic carbocycles. The van der Waals surface area contributed by atoms with Gasteiger partial charge in [0.05, 0.1) is 24.2 Å². The lowest BCUT2D eigenvalue weighted by atomic mass is 9.77. The average Bonchev–Trinajstić information content (AvgIpc) is 2.82. The zero-order valence-corrected chi connectivity index (χ0v) is 11.8. The third-order valence-corrected chi connectivity index (χ3v) is 4.24. The van der Waals surface area contributed by atoms with Crippen LogP contribution in [0.3, 0.4) is 0 Å². The van der Waals surface area contributed by atoms with E-state index in [9.17, 15) is 4.79 Å². The molecule has 0 bridgehead atoms. The van der Waals surface area contributed by atoms with Gasteiger partial charge >= 0.3 is 13.1 Å². The minimum absolute atomic E-state index is 0.0796. The third kappa shape index (κ3) is 2.21. The topological polar surface area (TPSA) is 44.8 Å². The highest BCUT2D eigenvalue weighted by Crippen LogP contribution is 2.41. The second-order valence-electron chi connectivity index (χ2n) is 6.03. The fraction of sp³-hybridized carbons (Fsp3) is 0.769. The maximum atomic E-state index is 11.5. The summed E-state index contributed by atoms with van der Waals surface area (Å²) in [5, 5.41) is 0. The summed E-state index contributed by atoms with van der Waals surface area (Å²) < 4.78 is 16.7. The van der Waals surface area contributed by atoms with E-state index < -0.39 is 0 Å². The van der Waals surface area contributed by atoms with E-state index in [1.165, 1.54) is 7.11 Å². The molecule has 1 fully saturated rings. The highest BCUT2D eigenvalue weighted by atomic mass is 16.7. The van der Waals surface area contributed by atoms with Crippen LogP contribution in [0.5, 0.6) is 0 Å². The highest BCUT2D eigenvalue weighted by molar-refractivity contribution is 6.54. The number of allylic oxidation sites excluding steroid dienone is 2. The maximum Gasteiger partial charge on any atom is 0.490 e. The lowest BCUT2D eigenvalue weighted by molar-refractivity contribution is -0.145. The Kier molecular flexibility index (Phi) is 3.32. The van der Waals surface area contributed by atoms with E-state index in [0.717, 1.165) is 5.47 Å². The van der Waals surface area contributed by atoms with Crippen molar-refractivity contribution in [2.75, 3.05) is 7.11 Å². The van der Waals surface area contributed by atoms with Crippen LogP contribution in [0.15, 0.2) is 11.5 Å². The monoisotopic (exact) mass is 252 g/mol. The summed E-state index contributed by atoms with van der Waals surface area (Å²) in [6, 6.07) is 0. The van der Waals surface area contributed by atoms with Crippen molar-refractivity contribution in [3.63, 3.8) is 0 Å². The van der Waals surface area contributed by atoms with Gasteiger partial charge in [0, 0.05) is 0 Å². The molecule has 0 radical (unpaired) electrons. The predicted molar refractivity (Wildman–Crippen MR) is 68.9 cm³/mol. The molecule has 1 aliphatic heterocycles. The molecule has 100 valence electrons. The molecule has 1 heterocycles. The smallest absolute Gasteiger partial charge is 0.469 e. The van der Waals surface area contributed by atoms with Crippen molar-refractivity contribution in [1.82, 2.24) is 0 Å². The van der Waals surface area contributed by atoms with Gasteiger partial charge in [-0.3, -0.25) is 4.79 Å². The van der Waals surface area contributed by atoms with Crippen molar-refractivity contribution >= 4 is 13.1 Å². The van der Waals surface area contributed by atoms with E-state index in [1.807, 2.05) is 33.8 Å². The van der Waals surface area contributed by atoms with Crippen LogP contribution < -0.4 is 0 Å². The summed E-state index contributed by atoms with van der Waals surface area (Å²) in [6.07, 6.45) is 3.43. The van der Waals surface area contributed by atoms with Gasteiger partial charge in [0.25, 0.3) is 0 Å². The molecule has 1 unspecified atom stereocenters. The second-order valence-corrected chi connectivity index (χ2v) is 6.03. The van der Waals surface area contributed by atoms with Crippen LogP contribution in [0, 0.1) is 5.92 Å². The van der Waals surface area contributed by atoms with E-state index in [0.29, 0.717) is 12.8 Å². The van der Waals surface area contributed by atoms with E-state index in [-0.39, 0.29) is 30.2 Å². The van der Waals surface area contributed by atoms with Gasteiger partial charge in [-0.1, -0.05) is 6.08 Å². The van der Waals surface area contributed by atoms with E-state index in [4.69, 9.17) is 14.0 Å². The Labute approximate surface area is 109 Å². The van der Waals surface area contributed by atoms with Crippen LogP contribution in [0.2, 0.25) is 0 Å². The van der Waals surface area contributed by atoms with Gasteiger partial charge in [-0.2, -0.15) is 0 Å². The molecule has 1 atom stereocenters. The van der Waals surface area contributed by atoms with Crippen LogP contribution in [0.4, 0.5) is 0 Å². The van der Waals surface area contributed by atoms with Gasteiger partial charge in [-0.05, 0) is 46.0 Å². The number of esters is 1. The third-order valence-electron chi connectivity index (χ3n) is 4.24. The summed E-state index contributed by atoms with van der Waals surface area (Å²) in [7, 11) is 1.10. The lowest BCUT2D eigenvalue weighted by Crippen LogP contribution is -2.41. The van der Waals surface area contributed by atoms with Crippen molar-refractivity contribution in [3.05, 3.63) is 11.5 Å². The molecule has 1 saturated heterocycles. The zero-order valence-electron chi connectivity index (χ0n) is 11.8. The number of methoxy groups -OCH3 is 1. The first-order valence-corrected chi connectivity index (χ1v) is 6.39. The number of carbonyl (C=O) groups is 1. The molecule has 0 saturated carbocycles. The minimum atomic E-state index is -0.331. The Morgan fingerprint density at radius 2 is 1.89 bits per heavy atom. The Hall–Kier alpha value is -0.805. The largest absolute Gasteiger partial charge is 0.490 e. The molecular weight excluding hydrogens is 231 g/mol. The van der Waals surface area contributed by atoms with Crippen molar-refractivity contribution in [2.45, 2.75) is 51.7 Å². The first-order chi connectivity index (χ1) is 8.27. The number of carbonyl (C=O) groups excluding carboxylic acids is 1. The minimum Gasteiger partial charge on any atom is -0.469 e. The molecule has 0 aromatic rings. The first-order valence-electron chi connectivity index (χ1n) is 6.39. The first kappa shape index (κ1) is 13.6. The molecule has 0 spiro atoms. The molecule has 5 heteroatoms. The summed E-state index contributed by atoms with van der Waals surface area (Å²) in [5.41, 5.74) is 0.396. The Morgan fingerprint density at radius 1 is 1.33 bits per heavy atom. The molecule has 2 aliphatic rings. The summed E-state index contributed by atoms with van der Waals surface area (Å²) in [5.74, 6) is -0.234. The number of rotatable bonds is 2. The van der Waals surface area contributed by atoms with Gasteiger partial charge in [-0.15, -0.1) is 0 Å². The average molecular weight is 252 g/mol. The number of ether oxygens (including phenoxy) is 1. The van der Waals surface area contributed by atoms with Crippen LogP contribution in [-0.2, 0) is 18.8 Å². The molecule has 0 amide bonds. The molecule has 1 aliphatic carbocycles. The number of hydrogen-bond acceptors (Lipinski definition) is 4. The summed E-state index contributed by atoms with van der Waals surface area (Å²) in [4.78, 5) is 11.5. The summed E-state index contributed by atoms with van der Waals surface area (Å²) in [6.45, 7) is 8.11. The van der Waals surface area contributed by atoms with Crippen LogP contribution in [0.25, 0.3) is 0 Å². The van der Waals surface area contributed by atoms with E-state index in [1.54, 1.807) is 0 Å². The molecular formula is C13H21BO4. The quantitative estimate of drug-likeness (QED) is 0.557. The number of hydrogen-bond donors (Lipinski definition) is 0. The fourth-order valence-electron chi connectivity index (χ4n) is 2.28. The van der Waals surface area contributed by atoms with Crippen LogP contribution in [-0.4, -0.2) is 31.4 Å². The van der Waals surface area contributed by atoms with Crippen molar-refractivity contribution in [3.8, 4) is 0 Å². The molecule has 2 rings (SSSR count). The summed E-state index contributed by atoms with van der Waals surface area (Å²) >= 11 is 0. The van der Waals surface area contributed by atoms with Crippen molar-refractivity contribution in [2.24, 2.45) is 5.92 Å². The predicted octanol–water partition coefficient (Wildman–Crippen LogP) is 2.13. The molecule has 0 aromatic heterocycles. The van der Waals surface area contributed by atoms with Crippen LogP contribution >= 0.6 is 0 Å². The van der Waals surface area contributed by atoms with Crippen LogP contribution in [0.1, 0.15) is 40.5 Å². The standard InChI is InChI=1S/C13H21BO4/c1-12(2)13(3,4)18-14(17-12)10-7-6-9(8-10)11(15)16-5/h7,9H,6,8H2,1-5H3. The van der Waals surface area contributed by atoms with Gasteiger partial charge in [0.1, 0.15) is 0 Å². The zero-order chi connectivity index (χ0) is 13.6. The second kappa shape index (κ2) is 4.39. The van der Waals surface area contributed by atoms with Crippen molar-refractivity contribution < 1.29 is 18.8 Å². The lowest BCUT2D eigenvalue weighted by Gasteiger charge is -2.32. The molecule has 18 heavy (non-hydrogen) atoms. The van der Waals surface area contributed by atoms with E-state index in [2.05, 4.69) is 0 Å². The maximum absolute atomic E-state index is 11.5. The molecule has 4 nitrogen and oxygen atoms in total. The van der Waals surface area contributed by atoms with Gasteiger partial charge in [0.2, 0.25) is 0 Å². The van der Waals surface area contributed by atoms with E-state index >= 15 is 0 Å². The SMILES string of the molecule is COC(=O)C1CC=C(B2OC(C)(C)C(C)(C)O2)C1.